The second-order valence-corrected chi connectivity index (χ2v) is 12.9. The summed E-state index contributed by atoms with van der Waals surface area (Å²) in [5.74, 6) is -7.05. The largest absolute Gasteiger partial charge is 0.508 e. The number of anilines is 1. The number of rotatable bonds is 6. The van der Waals surface area contributed by atoms with Crippen LogP contribution in [0.5, 0.6) is 5.75 Å². The first-order valence-electron chi connectivity index (χ1n) is 13.8. The molecule has 2 amide bonds. The lowest BCUT2D eigenvalue weighted by molar-refractivity contribution is -0.153. The number of nitrogens with two attached hydrogens (primary N) is 1. The molecule has 0 bridgehead atoms. The zero-order valence-corrected chi connectivity index (χ0v) is 25.0. The number of aliphatic hydroxyl groups is 3. The van der Waals surface area contributed by atoms with E-state index in [2.05, 4.69) is 5.32 Å². The predicted molar refractivity (Wildman–Crippen MR) is 155 cm³/mol. The number of hydrogen-bond acceptors (Lipinski definition) is 10. The summed E-state index contributed by atoms with van der Waals surface area (Å²) in [6.07, 6.45) is 0.433. The number of primary amides is 1. The number of amides is 2. The summed E-state index contributed by atoms with van der Waals surface area (Å²) < 4.78 is 0. The SMILES string of the molecule is CN(C)c1cc(CCNC(=O)C(C)(C)C)c(O)c2c1C[C@H]1C[C@H]3[C@@H](N(C)C)C(=O)C(C(N)=O)=C(O)[C@@]3(O)C(=O)C1=C2O. The van der Waals surface area contributed by atoms with E-state index in [1.54, 1.807) is 55.0 Å². The quantitative estimate of drug-likeness (QED) is 0.260. The van der Waals surface area contributed by atoms with Crippen molar-refractivity contribution >= 4 is 34.8 Å². The summed E-state index contributed by atoms with van der Waals surface area (Å²) in [7, 11) is 6.71. The van der Waals surface area contributed by atoms with Gasteiger partial charge in [-0.1, -0.05) is 20.8 Å². The van der Waals surface area contributed by atoms with E-state index in [9.17, 15) is 39.6 Å². The number of Topliss-reactive ketones (excluding diaryl/α,β-unsaturated/α-hetero) is 2. The Morgan fingerprint density at radius 2 is 1.74 bits per heavy atom. The van der Waals surface area contributed by atoms with E-state index in [4.69, 9.17) is 5.73 Å². The molecule has 1 aromatic rings. The van der Waals surface area contributed by atoms with Crippen molar-refractivity contribution in [1.82, 2.24) is 10.2 Å². The van der Waals surface area contributed by atoms with Gasteiger partial charge in [-0.05, 0) is 56.5 Å². The van der Waals surface area contributed by atoms with Crippen molar-refractivity contribution in [3.8, 4) is 5.75 Å². The molecule has 12 nitrogen and oxygen atoms in total. The van der Waals surface area contributed by atoms with E-state index < -0.39 is 63.5 Å². The molecule has 0 radical (unpaired) electrons. The minimum absolute atomic E-state index is 0.0139. The topological polar surface area (TPSA) is 194 Å². The Morgan fingerprint density at radius 1 is 1.12 bits per heavy atom. The lowest BCUT2D eigenvalue weighted by Gasteiger charge is -2.50. The molecule has 12 heteroatoms. The predicted octanol–water partition coefficient (Wildman–Crippen LogP) is 0.735. The number of likely N-dealkylation sites (N-methyl/N-ethyl adjacent to an activating group) is 1. The highest BCUT2D eigenvalue weighted by atomic mass is 16.3. The summed E-state index contributed by atoms with van der Waals surface area (Å²) in [6.45, 7) is 5.56. The van der Waals surface area contributed by atoms with Gasteiger partial charge in [0.25, 0.3) is 5.91 Å². The van der Waals surface area contributed by atoms with Crippen LogP contribution < -0.4 is 16.0 Å². The van der Waals surface area contributed by atoms with Gasteiger partial charge in [0.05, 0.1) is 11.6 Å². The highest BCUT2D eigenvalue weighted by Gasteiger charge is 2.64. The molecule has 0 spiro atoms. The summed E-state index contributed by atoms with van der Waals surface area (Å²) >= 11 is 0. The molecule has 42 heavy (non-hydrogen) atoms. The first-order valence-corrected chi connectivity index (χ1v) is 13.8. The van der Waals surface area contributed by atoms with Crippen LogP contribution in [0.1, 0.15) is 43.9 Å². The number of phenols is 1. The monoisotopic (exact) mass is 584 g/mol. The van der Waals surface area contributed by atoms with Gasteiger partial charge in [0.15, 0.2) is 11.4 Å². The van der Waals surface area contributed by atoms with Crippen LogP contribution in [-0.4, -0.2) is 95.1 Å². The van der Waals surface area contributed by atoms with Gasteiger partial charge in [0.2, 0.25) is 11.7 Å². The number of nitrogens with zero attached hydrogens (tertiary/aromatic N) is 2. The van der Waals surface area contributed by atoms with Crippen LogP contribution >= 0.6 is 0 Å². The Kier molecular flexibility index (Phi) is 7.71. The van der Waals surface area contributed by atoms with Crippen molar-refractivity contribution < 1.29 is 39.6 Å². The van der Waals surface area contributed by atoms with Crippen molar-refractivity contribution in [2.75, 3.05) is 39.6 Å². The molecule has 1 aromatic carbocycles. The van der Waals surface area contributed by atoms with Crippen LogP contribution in [0.2, 0.25) is 0 Å². The maximum atomic E-state index is 14.1. The molecule has 3 aliphatic rings. The fraction of sp³-hybridized carbons (Fsp3) is 0.533. The first kappa shape index (κ1) is 31.0. The van der Waals surface area contributed by atoms with E-state index in [0.29, 0.717) is 16.8 Å². The Labute approximate surface area is 244 Å². The van der Waals surface area contributed by atoms with Gasteiger partial charge in [-0.15, -0.1) is 0 Å². The zero-order chi connectivity index (χ0) is 31.6. The lowest BCUT2D eigenvalue weighted by atomic mass is 9.57. The second kappa shape index (κ2) is 10.4. The molecule has 228 valence electrons. The third-order valence-corrected chi connectivity index (χ3v) is 8.62. The van der Waals surface area contributed by atoms with Gasteiger partial charge in [0, 0.05) is 43.2 Å². The fourth-order valence-electron chi connectivity index (χ4n) is 6.51. The van der Waals surface area contributed by atoms with E-state index in [1.165, 1.54) is 4.90 Å². The van der Waals surface area contributed by atoms with E-state index in [0.717, 1.165) is 0 Å². The van der Waals surface area contributed by atoms with Gasteiger partial charge in [-0.25, -0.2) is 0 Å². The third-order valence-electron chi connectivity index (χ3n) is 8.62. The number of aliphatic hydroxyl groups excluding tert-OH is 2. The number of hydrogen-bond donors (Lipinski definition) is 6. The maximum absolute atomic E-state index is 14.1. The number of benzene rings is 1. The van der Waals surface area contributed by atoms with Gasteiger partial charge in [0.1, 0.15) is 22.8 Å². The number of aromatic hydroxyl groups is 1. The number of carbonyl (C=O) groups excluding carboxylic acids is 4. The van der Waals surface area contributed by atoms with E-state index in [1.807, 2.05) is 4.90 Å². The van der Waals surface area contributed by atoms with Crippen LogP contribution in [0, 0.1) is 17.3 Å². The number of fused-ring (bicyclic) bond motifs is 3. The molecule has 0 aliphatic heterocycles. The van der Waals surface area contributed by atoms with E-state index >= 15 is 0 Å². The molecule has 0 heterocycles. The molecule has 4 atom stereocenters. The molecule has 1 saturated carbocycles. The highest BCUT2D eigenvalue weighted by molar-refractivity contribution is 6.24. The number of nitrogens with one attached hydrogen (secondary N) is 1. The van der Waals surface area contributed by atoms with Gasteiger partial charge >= 0.3 is 0 Å². The first-order chi connectivity index (χ1) is 19.3. The number of ketones is 2. The Morgan fingerprint density at radius 3 is 2.26 bits per heavy atom. The molecule has 0 unspecified atom stereocenters. The standard InChI is InChI=1S/C30H40N4O8/c1-29(2,3)28(41)32-9-8-13-12-17(33(4)5)15-10-14-11-16-21(34(6)7)24(37)20(27(31)40)26(39)30(16,42)25(38)18(14)23(36)19(15)22(13)35/h12,14,16,21,35-36,39,42H,8-11H2,1-7H3,(H2,31,40)(H,32,41)/t14-,16-,21+,30-/m0/s1. The number of carbonyl (C=O) groups is 4. The molecule has 3 aliphatic carbocycles. The molecular formula is C30H40N4O8. The molecular weight excluding hydrogens is 544 g/mol. The second-order valence-electron chi connectivity index (χ2n) is 12.9. The summed E-state index contributed by atoms with van der Waals surface area (Å²) in [6, 6.07) is 0.631. The van der Waals surface area contributed by atoms with Gasteiger partial charge in [-0.3, -0.25) is 24.1 Å². The average molecular weight is 585 g/mol. The summed E-state index contributed by atoms with van der Waals surface area (Å²) in [5, 5.41) is 48.6. The molecule has 7 N–H and O–H groups in total. The lowest BCUT2D eigenvalue weighted by Crippen LogP contribution is -2.65. The zero-order valence-electron chi connectivity index (χ0n) is 25.0. The third kappa shape index (κ3) is 4.62. The van der Waals surface area contributed by atoms with Crippen LogP contribution in [0.15, 0.2) is 23.0 Å². The Hall–Kier alpha value is -3.90. The Bertz CT molecular complexity index is 1450. The number of phenolic OH excluding ortho intramolecular Hbond substituents is 1. The molecule has 0 saturated heterocycles. The van der Waals surface area contributed by atoms with Crippen molar-refractivity contribution in [3.63, 3.8) is 0 Å². The van der Waals surface area contributed by atoms with Crippen molar-refractivity contribution in [1.29, 1.82) is 0 Å². The fourth-order valence-corrected chi connectivity index (χ4v) is 6.51. The van der Waals surface area contributed by atoms with Crippen LogP contribution in [0.3, 0.4) is 0 Å². The van der Waals surface area contributed by atoms with Gasteiger partial charge in [-0.2, -0.15) is 0 Å². The van der Waals surface area contributed by atoms with E-state index in [-0.39, 0.29) is 48.6 Å². The summed E-state index contributed by atoms with van der Waals surface area (Å²) in [5.41, 5.74) is 2.72. The summed E-state index contributed by atoms with van der Waals surface area (Å²) in [4.78, 5) is 55.1. The molecule has 1 fully saturated rings. The van der Waals surface area contributed by atoms with Crippen molar-refractivity contribution in [2.45, 2.75) is 51.7 Å². The minimum Gasteiger partial charge on any atom is -0.508 e. The minimum atomic E-state index is -2.70. The highest BCUT2D eigenvalue weighted by Crippen LogP contribution is 2.54. The average Bonchev–Trinajstić information content (AvgIpc) is 2.86. The smallest absolute Gasteiger partial charge is 0.255 e. The van der Waals surface area contributed by atoms with Crippen LogP contribution in [-0.2, 0) is 32.0 Å². The molecule has 4 rings (SSSR count). The van der Waals surface area contributed by atoms with Gasteiger partial charge < -0.3 is 36.4 Å². The molecule has 0 aromatic heterocycles. The van der Waals surface area contributed by atoms with Crippen molar-refractivity contribution in [2.24, 2.45) is 23.0 Å². The van der Waals surface area contributed by atoms with Crippen LogP contribution in [0.25, 0.3) is 5.76 Å². The maximum Gasteiger partial charge on any atom is 0.255 e. The van der Waals surface area contributed by atoms with Crippen LogP contribution in [0.4, 0.5) is 5.69 Å². The normalized spacial score (nSPS) is 25.7. The van der Waals surface area contributed by atoms with Crippen molar-refractivity contribution in [3.05, 3.63) is 39.7 Å². The Balaban J connectivity index is 1.87.